The van der Waals surface area contributed by atoms with Crippen LogP contribution in [0.5, 0.6) is 0 Å². The lowest BCUT2D eigenvalue weighted by Crippen LogP contribution is -2.66. The first-order chi connectivity index (χ1) is 18.5. The van der Waals surface area contributed by atoms with Crippen molar-refractivity contribution in [1.82, 2.24) is 9.80 Å². The molecule has 3 rings (SSSR count). The quantitative estimate of drug-likeness (QED) is 0.321. The predicted molar refractivity (Wildman–Crippen MR) is 135 cm³/mol. The van der Waals surface area contributed by atoms with Crippen LogP contribution in [-0.4, -0.2) is 103 Å². The molecular formula is C27H36N2O10. The molecule has 5 atom stereocenters. The van der Waals surface area contributed by atoms with Crippen molar-refractivity contribution in [3.8, 4) is 0 Å². The standard InChI is InChI=1S/C27H36N2O10/c1-17(30)35-22-23(36-18(2)31)25(37-19(3)32)27(38-20(4)33)39-24(22)26(34)29-15-13-28(14-16-29)12-8-11-21-9-6-5-7-10-21/h5-7,9-10,22-25,27H,8,11-16H2,1-4H3/t22-,23-,24-,25+,27+/m0/s1. The molecule has 1 amide bonds. The van der Waals surface area contributed by atoms with Crippen LogP contribution in [0.25, 0.3) is 0 Å². The van der Waals surface area contributed by atoms with Crippen molar-refractivity contribution in [3.05, 3.63) is 35.9 Å². The van der Waals surface area contributed by atoms with Gasteiger partial charge in [0.15, 0.2) is 18.3 Å². The third-order valence-electron chi connectivity index (χ3n) is 6.39. The molecule has 39 heavy (non-hydrogen) atoms. The van der Waals surface area contributed by atoms with Crippen LogP contribution in [0.4, 0.5) is 0 Å². The number of nitrogens with zero attached hydrogens (tertiary/aromatic N) is 2. The van der Waals surface area contributed by atoms with Gasteiger partial charge in [-0.15, -0.1) is 0 Å². The van der Waals surface area contributed by atoms with Gasteiger partial charge in [-0.05, 0) is 24.9 Å². The Bertz CT molecular complexity index is 1020. The van der Waals surface area contributed by atoms with E-state index in [-0.39, 0.29) is 0 Å². The van der Waals surface area contributed by atoms with Gasteiger partial charge in [-0.25, -0.2) is 0 Å². The lowest BCUT2D eigenvalue weighted by atomic mass is 9.96. The van der Waals surface area contributed by atoms with Crippen LogP contribution in [0.2, 0.25) is 0 Å². The van der Waals surface area contributed by atoms with Crippen LogP contribution < -0.4 is 0 Å². The minimum atomic E-state index is -1.57. The molecule has 2 aliphatic heterocycles. The Labute approximate surface area is 227 Å². The van der Waals surface area contributed by atoms with Gasteiger partial charge in [0.1, 0.15) is 0 Å². The van der Waals surface area contributed by atoms with Crippen LogP contribution in [-0.2, 0) is 54.1 Å². The predicted octanol–water partition coefficient (Wildman–Crippen LogP) is 0.847. The van der Waals surface area contributed by atoms with Crippen molar-refractivity contribution in [3.63, 3.8) is 0 Å². The molecule has 0 radical (unpaired) electrons. The summed E-state index contributed by atoms with van der Waals surface area (Å²) < 4.78 is 27.0. The van der Waals surface area contributed by atoms with Crippen molar-refractivity contribution >= 4 is 29.8 Å². The van der Waals surface area contributed by atoms with E-state index in [0.29, 0.717) is 26.2 Å². The van der Waals surface area contributed by atoms with Gasteiger partial charge in [0.2, 0.25) is 12.4 Å². The molecule has 1 aromatic rings. The highest BCUT2D eigenvalue weighted by atomic mass is 16.7. The van der Waals surface area contributed by atoms with Gasteiger partial charge in [0.25, 0.3) is 5.91 Å². The van der Waals surface area contributed by atoms with Gasteiger partial charge in [0, 0.05) is 53.9 Å². The van der Waals surface area contributed by atoms with E-state index in [1.54, 1.807) is 4.90 Å². The van der Waals surface area contributed by atoms with Gasteiger partial charge in [-0.3, -0.25) is 28.9 Å². The Balaban J connectivity index is 1.73. The van der Waals surface area contributed by atoms with Gasteiger partial charge in [-0.2, -0.15) is 0 Å². The SMILES string of the molecule is CC(=O)O[C@@H]1O[C@H](C(=O)N2CCN(CCCc3ccccc3)CC2)[C@@H](OC(C)=O)[C@H](OC(C)=O)[C@H]1OC(C)=O. The molecule has 214 valence electrons. The molecule has 0 spiro atoms. The average Bonchev–Trinajstić information content (AvgIpc) is 2.87. The third-order valence-corrected chi connectivity index (χ3v) is 6.39. The zero-order valence-electron chi connectivity index (χ0n) is 22.7. The van der Waals surface area contributed by atoms with Crippen LogP contribution >= 0.6 is 0 Å². The molecule has 0 N–H and O–H groups in total. The number of rotatable bonds is 9. The highest BCUT2D eigenvalue weighted by Crippen LogP contribution is 2.31. The maximum atomic E-state index is 13.6. The third kappa shape index (κ3) is 8.75. The van der Waals surface area contributed by atoms with Gasteiger partial charge in [0.05, 0.1) is 0 Å². The second kappa shape index (κ2) is 14.0. The molecule has 2 aliphatic rings. The molecule has 0 bridgehead atoms. The van der Waals surface area contributed by atoms with Crippen molar-refractivity contribution in [2.75, 3.05) is 32.7 Å². The normalized spacial score (nSPS) is 25.3. The maximum absolute atomic E-state index is 13.6. The fraction of sp³-hybridized carbons (Fsp3) is 0.593. The number of amides is 1. The molecular weight excluding hydrogens is 512 g/mol. The minimum absolute atomic E-state index is 0.390. The molecule has 1 aromatic carbocycles. The summed E-state index contributed by atoms with van der Waals surface area (Å²) in [6.45, 7) is 7.36. The summed E-state index contributed by atoms with van der Waals surface area (Å²) in [6.07, 6.45) is -5.48. The van der Waals surface area contributed by atoms with Crippen molar-refractivity contribution < 1.29 is 47.7 Å². The average molecular weight is 549 g/mol. The van der Waals surface area contributed by atoms with Gasteiger partial charge < -0.3 is 28.6 Å². The molecule has 0 aromatic heterocycles. The molecule has 0 saturated carbocycles. The largest absolute Gasteiger partial charge is 0.455 e. The molecule has 2 fully saturated rings. The Morgan fingerprint density at radius 2 is 1.28 bits per heavy atom. The topological polar surface area (TPSA) is 138 Å². The van der Waals surface area contributed by atoms with E-state index in [2.05, 4.69) is 17.0 Å². The Morgan fingerprint density at radius 1 is 0.744 bits per heavy atom. The van der Waals surface area contributed by atoms with Gasteiger partial charge in [-0.1, -0.05) is 30.3 Å². The van der Waals surface area contributed by atoms with Crippen molar-refractivity contribution in [1.29, 1.82) is 0 Å². The van der Waals surface area contributed by atoms with E-state index in [1.165, 1.54) is 5.56 Å². The summed E-state index contributed by atoms with van der Waals surface area (Å²) in [7, 11) is 0. The zero-order chi connectivity index (χ0) is 28.5. The van der Waals surface area contributed by atoms with E-state index < -0.39 is 60.5 Å². The minimum Gasteiger partial charge on any atom is -0.455 e. The number of benzene rings is 1. The molecule has 0 unspecified atom stereocenters. The number of ether oxygens (including phenoxy) is 5. The Morgan fingerprint density at radius 3 is 1.85 bits per heavy atom. The highest BCUT2D eigenvalue weighted by molar-refractivity contribution is 5.83. The zero-order valence-corrected chi connectivity index (χ0v) is 22.7. The molecule has 12 heteroatoms. The number of piperazine rings is 1. The van der Waals surface area contributed by atoms with Crippen LogP contribution in [0.15, 0.2) is 30.3 Å². The fourth-order valence-corrected chi connectivity index (χ4v) is 4.75. The number of carbonyl (C=O) groups excluding carboxylic acids is 5. The van der Waals surface area contributed by atoms with Gasteiger partial charge >= 0.3 is 23.9 Å². The number of esters is 4. The van der Waals surface area contributed by atoms with E-state index in [4.69, 9.17) is 23.7 Å². The first-order valence-electron chi connectivity index (χ1n) is 12.9. The van der Waals surface area contributed by atoms with Crippen molar-refractivity contribution in [2.45, 2.75) is 71.2 Å². The maximum Gasteiger partial charge on any atom is 0.305 e. The van der Waals surface area contributed by atoms with Crippen molar-refractivity contribution in [2.24, 2.45) is 0 Å². The van der Waals surface area contributed by atoms with Crippen LogP contribution in [0.3, 0.4) is 0 Å². The Hall–Kier alpha value is -3.51. The highest BCUT2D eigenvalue weighted by Gasteiger charge is 2.56. The first-order valence-corrected chi connectivity index (χ1v) is 12.9. The van der Waals surface area contributed by atoms with Crippen LogP contribution in [0, 0.1) is 0 Å². The number of carbonyl (C=O) groups is 5. The Kier molecular flexibility index (Phi) is 10.8. The van der Waals surface area contributed by atoms with Crippen LogP contribution in [0.1, 0.15) is 39.7 Å². The van der Waals surface area contributed by atoms with E-state index in [9.17, 15) is 24.0 Å². The molecule has 2 heterocycles. The summed E-state index contributed by atoms with van der Waals surface area (Å²) in [4.78, 5) is 65.0. The smallest absolute Gasteiger partial charge is 0.305 e. The van der Waals surface area contributed by atoms with E-state index >= 15 is 0 Å². The molecule has 0 aliphatic carbocycles. The second-order valence-corrected chi connectivity index (χ2v) is 9.51. The monoisotopic (exact) mass is 548 g/mol. The number of aryl methyl sites for hydroxylation is 1. The lowest BCUT2D eigenvalue weighted by Gasteiger charge is -2.45. The summed E-state index contributed by atoms with van der Waals surface area (Å²) in [5.74, 6) is -3.64. The molecule has 2 saturated heterocycles. The summed E-state index contributed by atoms with van der Waals surface area (Å²) in [6, 6.07) is 10.2. The summed E-state index contributed by atoms with van der Waals surface area (Å²) in [5.41, 5.74) is 1.27. The number of hydrogen-bond acceptors (Lipinski definition) is 11. The van der Waals surface area contributed by atoms with E-state index in [0.717, 1.165) is 47.1 Å². The van der Waals surface area contributed by atoms with E-state index in [1.807, 2.05) is 18.2 Å². The summed E-state index contributed by atoms with van der Waals surface area (Å²) >= 11 is 0. The second-order valence-electron chi connectivity index (χ2n) is 9.51. The summed E-state index contributed by atoms with van der Waals surface area (Å²) in [5, 5.41) is 0. The number of hydrogen-bond donors (Lipinski definition) is 0. The lowest BCUT2D eigenvalue weighted by molar-refractivity contribution is -0.292. The molecule has 12 nitrogen and oxygen atoms in total. The fourth-order valence-electron chi connectivity index (χ4n) is 4.75. The first kappa shape index (κ1) is 30.0.